The maximum Gasteiger partial charge on any atom is 0.225 e. The molecule has 1 fully saturated rings. The fraction of sp³-hybridized carbons (Fsp3) is 0.333. The first-order valence-electron chi connectivity index (χ1n) is 11.4. The van der Waals surface area contributed by atoms with E-state index in [1.807, 2.05) is 54.6 Å². The molecule has 2 aromatic carbocycles. The Bertz CT molecular complexity index is 1040. The Hall–Kier alpha value is -3.25. The summed E-state index contributed by atoms with van der Waals surface area (Å²) in [4.78, 5) is 20.0. The zero-order valence-electron chi connectivity index (χ0n) is 18.9. The van der Waals surface area contributed by atoms with Crippen LogP contribution in [0.25, 0.3) is 0 Å². The molecule has 0 aliphatic carbocycles. The van der Waals surface area contributed by atoms with Crippen LogP contribution in [-0.4, -0.2) is 36.0 Å². The van der Waals surface area contributed by atoms with E-state index in [9.17, 15) is 9.18 Å². The van der Waals surface area contributed by atoms with Crippen molar-refractivity contribution < 1.29 is 13.9 Å². The third-order valence-corrected chi connectivity index (χ3v) is 6.20. The van der Waals surface area contributed by atoms with Crippen molar-refractivity contribution in [3.63, 3.8) is 0 Å². The number of amides is 1. The van der Waals surface area contributed by atoms with Crippen molar-refractivity contribution >= 4 is 5.91 Å². The number of hydrogen-bond acceptors (Lipinski definition) is 4. The number of para-hydroxylation sites is 1. The summed E-state index contributed by atoms with van der Waals surface area (Å²) >= 11 is 0. The van der Waals surface area contributed by atoms with E-state index in [1.165, 1.54) is 12.1 Å². The third-order valence-electron chi connectivity index (χ3n) is 6.20. The lowest BCUT2D eigenvalue weighted by Crippen LogP contribution is -2.43. The van der Waals surface area contributed by atoms with Gasteiger partial charge in [-0.1, -0.05) is 36.4 Å². The van der Waals surface area contributed by atoms with E-state index in [0.29, 0.717) is 5.75 Å². The van der Waals surface area contributed by atoms with E-state index in [-0.39, 0.29) is 30.1 Å². The Labute approximate surface area is 194 Å². The predicted octanol–water partition coefficient (Wildman–Crippen LogP) is 4.54. The number of rotatable bonds is 8. The molecule has 0 radical (unpaired) electrons. The molecule has 0 unspecified atom stereocenters. The molecule has 2 atom stereocenters. The molecule has 1 amide bonds. The normalized spacial score (nSPS) is 17.3. The summed E-state index contributed by atoms with van der Waals surface area (Å²) in [5.41, 5.74) is 2.82. The highest BCUT2D eigenvalue weighted by molar-refractivity contribution is 5.79. The van der Waals surface area contributed by atoms with Gasteiger partial charge < -0.3 is 10.1 Å². The van der Waals surface area contributed by atoms with E-state index in [4.69, 9.17) is 4.74 Å². The van der Waals surface area contributed by atoms with Crippen molar-refractivity contribution in [3.05, 3.63) is 95.6 Å². The van der Waals surface area contributed by atoms with Gasteiger partial charge in [-0.25, -0.2) is 4.39 Å². The fourth-order valence-corrected chi connectivity index (χ4v) is 4.59. The zero-order chi connectivity index (χ0) is 23.0. The molecular weight excluding hydrogens is 417 g/mol. The second-order valence-electron chi connectivity index (χ2n) is 8.55. The molecule has 4 rings (SSSR count). The average Bonchev–Trinajstić information content (AvgIpc) is 2.85. The third kappa shape index (κ3) is 6.17. The molecule has 172 valence electrons. The van der Waals surface area contributed by atoms with Crippen molar-refractivity contribution in [2.45, 2.75) is 31.8 Å². The van der Waals surface area contributed by atoms with Crippen molar-refractivity contribution in [1.82, 2.24) is 15.2 Å². The van der Waals surface area contributed by atoms with Gasteiger partial charge in [0.05, 0.1) is 25.3 Å². The standard InChI is InChI=1S/C27H30FN3O2/c1-33-25-10-3-2-7-21(25)17-26(32)30-27(24-9-4-5-15-29-24)22-8-6-16-31(19-22)18-20-11-13-23(28)14-12-20/h2-5,7,9-15,22,27H,6,8,16-19H2,1H3,(H,30,32)/t22-,27+/m0/s1. The van der Waals surface area contributed by atoms with Crippen molar-refractivity contribution in [2.24, 2.45) is 5.92 Å². The summed E-state index contributed by atoms with van der Waals surface area (Å²) in [6.45, 7) is 2.59. The number of hydrogen-bond donors (Lipinski definition) is 1. The van der Waals surface area contributed by atoms with Crippen LogP contribution in [0.15, 0.2) is 72.9 Å². The quantitative estimate of drug-likeness (QED) is 0.551. The minimum atomic E-state index is -0.219. The van der Waals surface area contributed by atoms with Crippen LogP contribution in [-0.2, 0) is 17.8 Å². The minimum Gasteiger partial charge on any atom is -0.496 e. The number of piperidine rings is 1. The van der Waals surface area contributed by atoms with E-state index in [1.54, 1.807) is 13.3 Å². The van der Waals surface area contributed by atoms with Crippen molar-refractivity contribution in [1.29, 1.82) is 0 Å². The number of aromatic nitrogens is 1. The number of pyridine rings is 1. The maximum atomic E-state index is 13.3. The maximum absolute atomic E-state index is 13.3. The summed E-state index contributed by atoms with van der Waals surface area (Å²) in [6.07, 6.45) is 4.07. The number of benzene rings is 2. The number of halogens is 1. The lowest BCUT2D eigenvalue weighted by molar-refractivity contribution is -0.121. The largest absolute Gasteiger partial charge is 0.496 e. The van der Waals surface area contributed by atoms with E-state index < -0.39 is 0 Å². The molecule has 33 heavy (non-hydrogen) atoms. The lowest BCUT2D eigenvalue weighted by Gasteiger charge is -2.37. The molecule has 1 aliphatic rings. The van der Waals surface area contributed by atoms with Gasteiger partial charge in [-0.05, 0) is 61.2 Å². The zero-order valence-corrected chi connectivity index (χ0v) is 18.9. The van der Waals surface area contributed by atoms with Crippen LogP contribution in [0, 0.1) is 11.7 Å². The summed E-state index contributed by atoms with van der Waals surface area (Å²) in [7, 11) is 1.62. The van der Waals surface area contributed by atoms with Gasteiger partial charge in [0, 0.05) is 24.8 Å². The predicted molar refractivity (Wildman–Crippen MR) is 126 cm³/mol. The summed E-state index contributed by atoms with van der Waals surface area (Å²) in [5.74, 6) is 0.676. The van der Waals surface area contributed by atoms with Crippen LogP contribution in [0.3, 0.4) is 0 Å². The van der Waals surface area contributed by atoms with E-state index in [0.717, 1.165) is 49.3 Å². The summed E-state index contributed by atoms with van der Waals surface area (Å²) in [5, 5.41) is 3.26. The second-order valence-corrected chi connectivity index (χ2v) is 8.55. The van der Waals surface area contributed by atoms with Crippen LogP contribution in [0.2, 0.25) is 0 Å². The fourth-order valence-electron chi connectivity index (χ4n) is 4.59. The van der Waals surface area contributed by atoms with Gasteiger partial charge in [0.25, 0.3) is 0 Å². The van der Waals surface area contributed by atoms with Crippen LogP contribution in [0.1, 0.15) is 35.7 Å². The van der Waals surface area contributed by atoms with Crippen LogP contribution >= 0.6 is 0 Å². The molecule has 5 nitrogen and oxygen atoms in total. The van der Waals surface area contributed by atoms with E-state index >= 15 is 0 Å². The SMILES string of the molecule is COc1ccccc1CC(=O)N[C@@H](c1ccccn1)[C@H]1CCCN(Cc2ccc(F)cc2)C1. The number of ether oxygens (including phenoxy) is 1. The van der Waals surface area contributed by atoms with E-state index in [2.05, 4.69) is 15.2 Å². The summed E-state index contributed by atoms with van der Waals surface area (Å²) in [6, 6.07) is 19.9. The van der Waals surface area contributed by atoms with Crippen LogP contribution in [0.4, 0.5) is 4.39 Å². The average molecular weight is 448 g/mol. The number of likely N-dealkylation sites (tertiary alicyclic amines) is 1. The molecule has 3 aromatic rings. The Morgan fingerprint density at radius 3 is 2.70 bits per heavy atom. The molecule has 1 N–H and O–H groups in total. The highest BCUT2D eigenvalue weighted by Crippen LogP contribution is 2.30. The Kier molecular flexibility index (Phi) is 7.68. The molecule has 0 bridgehead atoms. The molecule has 0 spiro atoms. The van der Waals surface area contributed by atoms with Crippen molar-refractivity contribution in [2.75, 3.05) is 20.2 Å². The van der Waals surface area contributed by atoms with Gasteiger partial charge >= 0.3 is 0 Å². The highest BCUT2D eigenvalue weighted by Gasteiger charge is 2.30. The lowest BCUT2D eigenvalue weighted by atomic mass is 9.88. The Morgan fingerprint density at radius 2 is 1.94 bits per heavy atom. The number of nitrogens with one attached hydrogen (secondary N) is 1. The summed E-state index contributed by atoms with van der Waals surface area (Å²) < 4.78 is 18.7. The molecule has 1 aromatic heterocycles. The topological polar surface area (TPSA) is 54.5 Å². The van der Waals surface area contributed by atoms with Gasteiger partial charge in [-0.15, -0.1) is 0 Å². The monoisotopic (exact) mass is 447 g/mol. The molecule has 1 aliphatic heterocycles. The molecule has 6 heteroatoms. The number of methoxy groups -OCH3 is 1. The van der Waals surface area contributed by atoms with Crippen LogP contribution in [0.5, 0.6) is 5.75 Å². The first-order chi connectivity index (χ1) is 16.1. The van der Waals surface area contributed by atoms with Gasteiger partial charge in [-0.2, -0.15) is 0 Å². The van der Waals surface area contributed by atoms with Crippen molar-refractivity contribution in [3.8, 4) is 5.75 Å². The minimum absolute atomic E-state index is 0.0502. The molecular formula is C27H30FN3O2. The molecule has 2 heterocycles. The Balaban J connectivity index is 1.48. The number of nitrogens with zero attached hydrogens (tertiary/aromatic N) is 2. The van der Waals surface area contributed by atoms with Gasteiger partial charge in [-0.3, -0.25) is 14.7 Å². The molecule has 0 saturated carbocycles. The van der Waals surface area contributed by atoms with Crippen LogP contribution < -0.4 is 10.1 Å². The highest BCUT2D eigenvalue weighted by atomic mass is 19.1. The van der Waals surface area contributed by atoms with Gasteiger partial charge in [0.2, 0.25) is 5.91 Å². The molecule has 1 saturated heterocycles. The van der Waals surface area contributed by atoms with Gasteiger partial charge in [0.15, 0.2) is 0 Å². The number of carbonyl (C=O) groups is 1. The smallest absolute Gasteiger partial charge is 0.225 e. The van der Waals surface area contributed by atoms with Gasteiger partial charge in [0.1, 0.15) is 11.6 Å². The second kappa shape index (κ2) is 11.1. The number of carbonyl (C=O) groups excluding carboxylic acids is 1. The Morgan fingerprint density at radius 1 is 1.15 bits per heavy atom. The first-order valence-corrected chi connectivity index (χ1v) is 11.4. The first kappa shape index (κ1) is 22.9.